The topological polar surface area (TPSA) is 50.8 Å². The standard InChI is InChI=1S/C16H34N2O3/c1-9-20-13(2)12-17-10-11-18(15(3,4)5)14(19)21-16(6,7)8/h13,17H,9-12H2,1-8H3. The molecule has 5 heteroatoms. The van der Waals surface area contributed by atoms with Gasteiger partial charge in [-0.2, -0.15) is 0 Å². The molecule has 0 saturated carbocycles. The second kappa shape index (κ2) is 8.59. The van der Waals surface area contributed by atoms with Crippen LogP contribution >= 0.6 is 0 Å². The van der Waals surface area contributed by atoms with Crippen LogP contribution in [0.4, 0.5) is 4.79 Å². The van der Waals surface area contributed by atoms with Gasteiger partial charge in [0.2, 0.25) is 0 Å². The minimum Gasteiger partial charge on any atom is -0.444 e. The lowest BCUT2D eigenvalue weighted by Gasteiger charge is -2.37. The van der Waals surface area contributed by atoms with Crippen molar-refractivity contribution in [1.29, 1.82) is 0 Å². The van der Waals surface area contributed by atoms with Crippen LogP contribution in [-0.2, 0) is 9.47 Å². The van der Waals surface area contributed by atoms with Crippen LogP contribution in [0.25, 0.3) is 0 Å². The maximum absolute atomic E-state index is 12.3. The van der Waals surface area contributed by atoms with E-state index in [1.807, 2.05) is 55.4 Å². The van der Waals surface area contributed by atoms with Crippen LogP contribution in [0.1, 0.15) is 55.4 Å². The molecule has 0 aromatic heterocycles. The van der Waals surface area contributed by atoms with Gasteiger partial charge in [0.05, 0.1) is 6.10 Å². The number of nitrogens with one attached hydrogen (secondary N) is 1. The van der Waals surface area contributed by atoms with E-state index in [9.17, 15) is 4.79 Å². The fraction of sp³-hybridized carbons (Fsp3) is 0.938. The van der Waals surface area contributed by atoms with Crippen molar-refractivity contribution in [3.05, 3.63) is 0 Å². The lowest BCUT2D eigenvalue weighted by molar-refractivity contribution is 0.00633. The van der Waals surface area contributed by atoms with Gasteiger partial charge in [0.15, 0.2) is 0 Å². The zero-order valence-corrected chi connectivity index (χ0v) is 15.1. The fourth-order valence-electron chi connectivity index (χ4n) is 1.86. The van der Waals surface area contributed by atoms with Crippen molar-refractivity contribution in [2.45, 2.75) is 72.6 Å². The van der Waals surface area contributed by atoms with Gasteiger partial charge >= 0.3 is 6.09 Å². The Morgan fingerprint density at radius 3 is 2.19 bits per heavy atom. The molecule has 0 aliphatic heterocycles. The predicted octanol–water partition coefficient (Wildman–Crippen LogP) is 3.04. The largest absolute Gasteiger partial charge is 0.444 e. The molecule has 1 N–H and O–H groups in total. The van der Waals surface area contributed by atoms with Crippen LogP contribution in [0, 0.1) is 0 Å². The zero-order chi connectivity index (χ0) is 16.7. The van der Waals surface area contributed by atoms with Crippen LogP contribution in [-0.4, -0.2) is 54.5 Å². The molecule has 1 atom stereocenters. The number of rotatable bonds is 7. The summed E-state index contributed by atoms with van der Waals surface area (Å²) in [6.07, 6.45) is -0.0886. The van der Waals surface area contributed by atoms with Gasteiger partial charge in [0.1, 0.15) is 5.60 Å². The average molecular weight is 302 g/mol. The van der Waals surface area contributed by atoms with E-state index in [0.717, 1.165) is 13.2 Å². The zero-order valence-electron chi connectivity index (χ0n) is 15.1. The van der Waals surface area contributed by atoms with Crippen LogP contribution in [0.2, 0.25) is 0 Å². The fourth-order valence-corrected chi connectivity index (χ4v) is 1.86. The van der Waals surface area contributed by atoms with Crippen LogP contribution in [0.15, 0.2) is 0 Å². The molecule has 0 heterocycles. The summed E-state index contributed by atoms with van der Waals surface area (Å²) >= 11 is 0. The minimum atomic E-state index is -0.475. The molecule has 0 bridgehead atoms. The second-order valence-corrected chi connectivity index (χ2v) is 7.27. The first-order valence-corrected chi connectivity index (χ1v) is 7.80. The predicted molar refractivity (Wildman–Crippen MR) is 86.7 cm³/mol. The molecule has 0 fully saturated rings. The van der Waals surface area contributed by atoms with E-state index in [2.05, 4.69) is 5.32 Å². The van der Waals surface area contributed by atoms with Gasteiger partial charge in [-0.05, 0) is 55.4 Å². The third kappa shape index (κ3) is 9.69. The highest BCUT2D eigenvalue weighted by Gasteiger charge is 2.30. The molecule has 0 aliphatic carbocycles. The van der Waals surface area contributed by atoms with Crippen molar-refractivity contribution in [1.82, 2.24) is 10.2 Å². The Kier molecular flexibility index (Phi) is 8.26. The van der Waals surface area contributed by atoms with E-state index in [1.165, 1.54) is 0 Å². The SMILES string of the molecule is CCOC(C)CNCCN(C(=O)OC(C)(C)C)C(C)(C)C. The van der Waals surface area contributed by atoms with Crippen LogP contribution in [0.3, 0.4) is 0 Å². The Balaban J connectivity index is 4.37. The van der Waals surface area contributed by atoms with E-state index in [-0.39, 0.29) is 17.7 Å². The molecule has 0 aromatic rings. The number of carbonyl (C=O) groups is 1. The molecule has 1 unspecified atom stereocenters. The van der Waals surface area contributed by atoms with Crippen molar-refractivity contribution in [2.75, 3.05) is 26.2 Å². The number of ether oxygens (including phenoxy) is 2. The molecule has 126 valence electrons. The highest BCUT2D eigenvalue weighted by Crippen LogP contribution is 2.17. The monoisotopic (exact) mass is 302 g/mol. The summed E-state index contributed by atoms with van der Waals surface area (Å²) < 4.78 is 10.9. The number of hydrogen-bond acceptors (Lipinski definition) is 4. The Hall–Kier alpha value is -0.810. The third-order valence-corrected chi connectivity index (χ3v) is 2.82. The van der Waals surface area contributed by atoms with Crippen LogP contribution in [0.5, 0.6) is 0 Å². The number of nitrogens with zero attached hydrogens (tertiary/aromatic N) is 1. The molecule has 0 rings (SSSR count). The van der Waals surface area contributed by atoms with Crippen molar-refractivity contribution in [2.24, 2.45) is 0 Å². The van der Waals surface area contributed by atoms with Gasteiger partial charge in [-0.15, -0.1) is 0 Å². The highest BCUT2D eigenvalue weighted by atomic mass is 16.6. The molecule has 0 aromatic carbocycles. The van der Waals surface area contributed by atoms with Crippen molar-refractivity contribution < 1.29 is 14.3 Å². The van der Waals surface area contributed by atoms with Gasteiger partial charge in [-0.1, -0.05) is 0 Å². The summed E-state index contributed by atoms with van der Waals surface area (Å²) in [5.41, 5.74) is -0.743. The summed E-state index contributed by atoms with van der Waals surface area (Å²) in [6, 6.07) is 0. The number of carbonyl (C=O) groups excluding carboxylic acids is 1. The van der Waals surface area contributed by atoms with E-state index in [1.54, 1.807) is 4.90 Å². The molecule has 21 heavy (non-hydrogen) atoms. The first kappa shape index (κ1) is 20.2. The van der Waals surface area contributed by atoms with Gasteiger partial charge in [0.25, 0.3) is 0 Å². The van der Waals surface area contributed by atoms with E-state index >= 15 is 0 Å². The van der Waals surface area contributed by atoms with Gasteiger partial charge in [0, 0.05) is 31.8 Å². The van der Waals surface area contributed by atoms with E-state index in [4.69, 9.17) is 9.47 Å². The molecule has 1 amide bonds. The quantitative estimate of drug-likeness (QED) is 0.734. The Labute approximate surface area is 130 Å². The first-order chi connectivity index (χ1) is 9.47. The highest BCUT2D eigenvalue weighted by molar-refractivity contribution is 5.69. The van der Waals surface area contributed by atoms with Crippen molar-refractivity contribution >= 4 is 6.09 Å². The minimum absolute atomic E-state index is 0.180. The summed E-state index contributed by atoms with van der Waals surface area (Å²) in [5.74, 6) is 0. The normalized spacial score (nSPS) is 13.9. The first-order valence-electron chi connectivity index (χ1n) is 7.80. The summed E-state index contributed by atoms with van der Waals surface area (Å²) in [4.78, 5) is 14.0. The van der Waals surface area contributed by atoms with Crippen molar-refractivity contribution in [3.8, 4) is 0 Å². The molecule has 5 nitrogen and oxygen atoms in total. The van der Waals surface area contributed by atoms with Crippen molar-refractivity contribution in [3.63, 3.8) is 0 Å². The van der Waals surface area contributed by atoms with E-state index < -0.39 is 5.60 Å². The Morgan fingerprint density at radius 2 is 1.76 bits per heavy atom. The lowest BCUT2D eigenvalue weighted by atomic mass is 10.1. The molecule has 0 aliphatic rings. The molecular weight excluding hydrogens is 268 g/mol. The van der Waals surface area contributed by atoms with Gasteiger partial charge in [-0.25, -0.2) is 4.79 Å². The molecule has 0 radical (unpaired) electrons. The number of hydrogen-bond donors (Lipinski definition) is 1. The lowest BCUT2D eigenvalue weighted by Crippen LogP contribution is -2.50. The maximum Gasteiger partial charge on any atom is 0.410 e. The molecule has 0 saturated heterocycles. The summed E-state index contributed by atoms with van der Waals surface area (Å²) in [7, 11) is 0. The van der Waals surface area contributed by atoms with Gasteiger partial charge in [-0.3, -0.25) is 0 Å². The third-order valence-electron chi connectivity index (χ3n) is 2.82. The van der Waals surface area contributed by atoms with E-state index in [0.29, 0.717) is 13.1 Å². The van der Waals surface area contributed by atoms with Gasteiger partial charge < -0.3 is 19.7 Å². The smallest absolute Gasteiger partial charge is 0.410 e. The maximum atomic E-state index is 12.3. The summed E-state index contributed by atoms with van der Waals surface area (Å²) in [6.45, 7) is 18.5. The average Bonchev–Trinajstić information content (AvgIpc) is 2.24. The molecule has 0 spiro atoms. The Bertz CT molecular complexity index is 306. The summed E-state index contributed by atoms with van der Waals surface area (Å²) in [5, 5.41) is 3.32. The number of amides is 1. The molecular formula is C16H34N2O3. The Morgan fingerprint density at radius 1 is 1.19 bits per heavy atom. The second-order valence-electron chi connectivity index (χ2n) is 7.27. The van der Waals surface area contributed by atoms with Crippen LogP contribution < -0.4 is 5.32 Å².